The average molecular weight is 479 g/mol. The van der Waals surface area contributed by atoms with E-state index in [-0.39, 0.29) is 13.0 Å². The standard InChI is InChI=1S/C25H23ClN4O4/c1-16-11-17(2)13-21(12-16)29(10-4-9-27)23(32)15-34-25(33)24-22(31)14-18(3)30(28-24)20-7-5-19(26)6-8-20/h5-8,11-14H,4,10,15H2,1-3H3. The van der Waals surface area contributed by atoms with E-state index in [4.69, 9.17) is 21.6 Å². The molecule has 1 heterocycles. The molecule has 0 atom stereocenters. The normalized spacial score (nSPS) is 10.4. The van der Waals surface area contributed by atoms with E-state index in [1.54, 1.807) is 31.2 Å². The molecule has 0 unspecified atom stereocenters. The molecule has 0 aliphatic carbocycles. The lowest BCUT2D eigenvalue weighted by Crippen LogP contribution is -2.36. The second-order valence-electron chi connectivity index (χ2n) is 7.76. The van der Waals surface area contributed by atoms with Crippen LogP contribution in [0, 0.1) is 32.1 Å². The van der Waals surface area contributed by atoms with Crippen molar-refractivity contribution in [3.05, 3.63) is 86.3 Å². The van der Waals surface area contributed by atoms with Crippen LogP contribution in [0.5, 0.6) is 0 Å². The molecule has 1 amide bonds. The first-order valence-electron chi connectivity index (χ1n) is 10.5. The third-order valence-corrected chi connectivity index (χ3v) is 5.22. The Labute approximate surface area is 202 Å². The first-order valence-corrected chi connectivity index (χ1v) is 10.9. The number of amides is 1. The van der Waals surface area contributed by atoms with Crippen LogP contribution < -0.4 is 10.3 Å². The van der Waals surface area contributed by atoms with E-state index in [0.29, 0.717) is 22.1 Å². The minimum atomic E-state index is -1.01. The molecule has 0 aliphatic heterocycles. The van der Waals surface area contributed by atoms with Crippen LogP contribution in [0.1, 0.15) is 33.7 Å². The number of benzene rings is 2. The van der Waals surface area contributed by atoms with E-state index < -0.39 is 29.6 Å². The van der Waals surface area contributed by atoms with Gasteiger partial charge in [0.1, 0.15) is 0 Å². The van der Waals surface area contributed by atoms with Crippen molar-refractivity contribution >= 4 is 29.2 Å². The summed E-state index contributed by atoms with van der Waals surface area (Å²) in [5.74, 6) is -1.53. The summed E-state index contributed by atoms with van der Waals surface area (Å²) in [6.07, 6.45) is 0.109. The molecule has 0 saturated heterocycles. The van der Waals surface area contributed by atoms with E-state index in [1.165, 1.54) is 15.6 Å². The maximum Gasteiger partial charge on any atom is 0.363 e. The van der Waals surface area contributed by atoms with Crippen molar-refractivity contribution < 1.29 is 14.3 Å². The van der Waals surface area contributed by atoms with E-state index in [2.05, 4.69) is 5.10 Å². The number of aromatic nitrogens is 2. The molecule has 9 heteroatoms. The minimum Gasteiger partial charge on any atom is -0.451 e. The van der Waals surface area contributed by atoms with E-state index in [9.17, 15) is 14.4 Å². The number of esters is 1. The summed E-state index contributed by atoms with van der Waals surface area (Å²) < 4.78 is 6.57. The fourth-order valence-corrected chi connectivity index (χ4v) is 3.60. The number of rotatable bonds is 7. The van der Waals surface area contributed by atoms with Gasteiger partial charge in [-0.05, 0) is 68.3 Å². The van der Waals surface area contributed by atoms with Crippen molar-refractivity contribution in [2.75, 3.05) is 18.1 Å². The van der Waals surface area contributed by atoms with Gasteiger partial charge >= 0.3 is 5.97 Å². The number of nitrogens with zero attached hydrogens (tertiary/aromatic N) is 4. The summed E-state index contributed by atoms with van der Waals surface area (Å²) in [7, 11) is 0. The van der Waals surface area contributed by atoms with Gasteiger partial charge in [0.2, 0.25) is 11.1 Å². The maximum atomic E-state index is 12.9. The zero-order valence-corrected chi connectivity index (χ0v) is 19.8. The van der Waals surface area contributed by atoms with Crippen molar-refractivity contribution in [1.82, 2.24) is 9.78 Å². The Morgan fingerprint density at radius 3 is 2.35 bits per heavy atom. The molecule has 0 aliphatic rings. The summed E-state index contributed by atoms with van der Waals surface area (Å²) in [5.41, 5.74) is 2.56. The molecule has 0 radical (unpaired) electrons. The molecule has 0 N–H and O–H groups in total. The Bertz CT molecular complexity index is 1310. The quantitative estimate of drug-likeness (QED) is 0.476. The van der Waals surface area contributed by atoms with Gasteiger partial charge < -0.3 is 9.64 Å². The highest BCUT2D eigenvalue weighted by Gasteiger charge is 2.21. The molecule has 1 aromatic heterocycles. The summed E-state index contributed by atoms with van der Waals surface area (Å²) in [5, 5.41) is 13.7. The molecule has 174 valence electrons. The van der Waals surface area contributed by atoms with Crippen LogP contribution >= 0.6 is 11.6 Å². The highest BCUT2D eigenvalue weighted by atomic mass is 35.5. The summed E-state index contributed by atoms with van der Waals surface area (Å²) in [6, 6.07) is 15.6. The van der Waals surface area contributed by atoms with Crippen molar-refractivity contribution in [1.29, 1.82) is 5.26 Å². The fourth-order valence-electron chi connectivity index (χ4n) is 3.47. The number of hydrogen-bond donors (Lipinski definition) is 0. The number of carbonyl (C=O) groups excluding carboxylic acids is 2. The molecule has 0 saturated carbocycles. The third kappa shape index (κ3) is 5.88. The number of carbonyl (C=O) groups is 2. The zero-order valence-electron chi connectivity index (χ0n) is 19.0. The lowest BCUT2D eigenvalue weighted by Gasteiger charge is -2.22. The second-order valence-corrected chi connectivity index (χ2v) is 8.20. The SMILES string of the molecule is Cc1cc(C)cc(N(CCC#N)C(=O)COC(=O)c2nn(-c3ccc(Cl)cc3)c(C)cc2=O)c1. The minimum absolute atomic E-state index is 0.109. The maximum absolute atomic E-state index is 12.9. The Morgan fingerprint density at radius 2 is 1.74 bits per heavy atom. The van der Waals surface area contributed by atoms with Crippen LogP contribution in [0.4, 0.5) is 5.69 Å². The molecular formula is C25H23ClN4O4. The molecule has 8 nitrogen and oxygen atoms in total. The second kappa shape index (κ2) is 10.8. The monoisotopic (exact) mass is 478 g/mol. The Balaban J connectivity index is 1.81. The van der Waals surface area contributed by atoms with Gasteiger partial charge in [-0.3, -0.25) is 9.59 Å². The summed E-state index contributed by atoms with van der Waals surface area (Å²) in [6.45, 7) is 5.02. The van der Waals surface area contributed by atoms with Crippen molar-refractivity contribution in [2.24, 2.45) is 0 Å². The Morgan fingerprint density at radius 1 is 1.09 bits per heavy atom. The molecule has 0 spiro atoms. The van der Waals surface area contributed by atoms with Crippen molar-refractivity contribution in [3.8, 4) is 11.8 Å². The molecule has 0 bridgehead atoms. The van der Waals surface area contributed by atoms with Gasteiger partial charge in [-0.1, -0.05) is 17.7 Å². The molecule has 3 aromatic rings. The van der Waals surface area contributed by atoms with Gasteiger partial charge in [-0.25, -0.2) is 9.48 Å². The van der Waals surface area contributed by atoms with Gasteiger partial charge in [0.05, 0.1) is 18.2 Å². The third-order valence-electron chi connectivity index (χ3n) is 4.97. The first-order chi connectivity index (χ1) is 16.2. The van der Waals surface area contributed by atoms with E-state index >= 15 is 0 Å². The fraction of sp³-hybridized carbons (Fsp3) is 0.240. The molecule has 0 fully saturated rings. The number of halogens is 1. The highest BCUT2D eigenvalue weighted by Crippen LogP contribution is 2.20. The van der Waals surface area contributed by atoms with Crippen LogP contribution in [-0.4, -0.2) is 34.8 Å². The lowest BCUT2D eigenvalue weighted by atomic mass is 10.1. The topological polar surface area (TPSA) is 105 Å². The predicted molar refractivity (Wildman–Crippen MR) is 128 cm³/mol. The average Bonchev–Trinajstić information content (AvgIpc) is 2.78. The van der Waals surface area contributed by atoms with Crippen LogP contribution in [0.25, 0.3) is 5.69 Å². The van der Waals surface area contributed by atoms with Crippen LogP contribution in [-0.2, 0) is 9.53 Å². The van der Waals surface area contributed by atoms with Crippen molar-refractivity contribution in [2.45, 2.75) is 27.2 Å². The number of anilines is 1. The number of aryl methyl sites for hydroxylation is 3. The van der Waals surface area contributed by atoms with Crippen molar-refractivity contribution in [3.63, 3.8) is 0 Å². The van der Waals surface area contributed by atoms with Crippen LogP contribution in [0.15, 0.2) is 53.3 Å². The lowest BCUT2D eigenvalue weighted by molar-refractivity contribution is -0.121. The van der Waals surface area contributed by atoms with E-state index in [1.807, 2.05) is 38.1 Å². The zero-order chi connectivity index (χ0) is 24.8. The van der Waals surface area contributed by atoms with Gasteiger partial charge in [0.15, 0.2) is 6.61 Å². The van der Waals surface area contributed by atoms with Gasteiger partial charge in [-0.2, -0.15) is 10.4 Å². The summed E-state index contributed by atoms with van der Waals surface area (Å²) >= 11 is 5.93. The van der Waals surface area contributed by atoms with Gasteiger partial charge in [-0.15, -0.1) is 0 Å². The van der Waals surface area contributed by atoms with Gasteiger partial charge in [0, 0.05) is 29.0 Å². The number of hydrogen-bond acceptors (Lipinski definition) is 6. The first kappa shape index (κ1) is 24.7. The molecular weight excluding hydrogens is 456 g/mol. The number of ether oxygens (including phenoxy) is 1. The predicted octanol–water partition coefficient (Wildman–Crippen LogP) is 3.91. The Kier molecular flexibility index (Phi) is 7.82. The van der Waals surface area contributed by atoms with Crippen LogP contribution in [0.2, 0.25) is 5.02 Å². The van der Waals surface area contributed by atoms with Crippen LogP contribution in [0.3, 0.4) is 0 Å². The largest absolute Gasteiger partial charge is 0.451 e. The molecule has 2 aromatic carbocycles. The smallest absolute Gasteiger partial charge is 0.363 e. The molecule has 34 heavy (non-hydrogen) atoms. The van der Waals surface area contributed by atoms with E-state index in [0.717, 1.165) is 11.1 Å². The molecule has 3 rings (SSSR count). The van der Waals surface area contributed by atoms with Gasteiger partial charge in [0.25, 0.3) is 5.91 Å². The number of nitriles is 1. The Hall–Kier alpha value is -3.96. The highest BCUT2D eigenvalue weighted by molar-refractivity contribution is 6.30. The summed E-state index contributed by atoms with van der Waals surface area (Å²) in [4.78, 5) is 39.3.